The lowest BCUT2D eigenvalue weighted by Gasteiger charge is -2.25. The highest BCUT2D eigenvalue weighted by Crippen LogP contribution is 2.36. The second-order valence-corrected chi connectivity index (χ2v) is 13.0. The number of aromatic nitrogens is 2. The molecule has 35 heavy (non-hydrogen) atoms. The lowest BCUT2D eigenvalue weighted by Crippen LogP contribution is -2.36. The highest BCUT2D eigenvalue weighted by atomic mass is 32.2. The van der Waals surface area contributed by atoms with Crippen LogP contribution in [0.25, 0.3) is 0 Å². The second-order valence-electron chi connectivity index (χ2n) is 11.0. The molecule has 7 nitrogen and oxygen atoms in total. The Balaban J connectivity index is 1.98. The van der Waals surface area contributed by atoms with Gasteiger partial charge in [-0.3, -0.25) is 0 Å². The summed E-state index contributed by atoms with van der Waals surface area (Å²) >= 11 is 0. The van der Waals surface area contributed by atoms with Crippen molar-refractivity contribution in [3.63, 3.8) is 0 Å². The number of carbonyl (C=O) groups is 1. The topological polar surface area (TPSA) is 85.3 Å². The van der Waals surface area contributed by atoms with Crippen molar-refractivity contribution in [2.24, 2.45) is 0 Å². The summed E-state index contributed by atoms with van der Waals surface area (Å²) in [6.07, 6.45) is 2.07. The molecule has 1 aromatic carbocycles. The van der Waals surface area contributed by atoms with Crippen LogP contribution in [0.3, 0.4) is 0 Å². The zero-order chi connectivity index (χ0) is 26.1. The fourth-order valence-electron chi connectivity index (χ4n) is 4.11. The van der Waals surface area contributed by atoms with Crippen LogP contribution in [0.2, 0.25) is 0 Å². The van der Waals surface area contributed by atoms with Crippen LogP contribution >= 0.6 is 0 Å². The van der Waals surface area contributed by atoms with Crippen molar-refractivity contribution in [1.29, 1.82) is 0 Å². The minimum Gasteiger partial charge on any atom is -0.444 e. The first-order valence-electron chi connectivity index (χ1n) is 11.8. The van der Waals surface area contributed by atoms with Crippen molar-refractivity contribution < 1.29 is 22.5 Å². The van der Waals surface area contributed by atoms with Crippen LogP contribution in [-0.4, -0.2) is 30.2 Å². The van der Waals surface area contributed by atoms with E-state index in [1.54, 1.807) is 33.0 Å². The molecule has 10 heteroatoms. The highest BCUT2D eigenvalue weighted by Gasteiger charge is 2.33. The van der Waals surface area contributed by atoms with Gasteiger partial charge in [-0.15, -0.1) is 0 Å². The number of amides is 1. The number of halogens is 2. The molecular weight excluding hydrogens is 474 g/mol. The summed E-state index contributed by atoms with van der Waals surface area (Å²) in [6, 6.07) is 3.37. The van der Waals surface area contributed by atoms with E-state index in [0.29, 0.717) is 25.2 Å². The van der Waals surface area contributed by atoms with E-state index in [9.17, 15) is 17.8 Å². The van der Waals surface area contributed by atoms with Crippen molar-refractivity contribution in [3.05, 3.63) is 53.1 Å². The normalized spacial score (nSPS) is 20.5. The molecule has 0 bridgehead atoms. The van der Waals surface area contributed by atoms with Gasteiger partial charge in [-0.2, -0.15) is 0 Å². The van der Waals surface area contributed by atoms with Gasteiger partial charge in [-0.05, 0) is 72.9 Å². The molecule has 1 amide bonds. The molecule has 194 valence electrons. The molecule has 0 saturated heterocycles. The minimum atomic E-state index is -1.33. The van der Waals surface area contributed by atoms with Gasteiger partial charge < -0.3 is 14.6 Å². The third-order valence-electron chi connectivity index (χ3n) is 5.83. The van der Waals surface area contributed by atoms with Crippen LogP contribution < -0.4 is 10.0 Å². The number of imidazole rings is 1. The van der Waals surface area contributed by atoms with Crippen molar-refractivity contribution >= 4 is 17.1 Å². The van der Waals surface area contributed by atoms with E-state index in [-0.39, 0.29) is 17.5 Å². The Morgan fingerprint density at radius 2 is 1.89 bits per heavy atom. The molecule has 0 fully saturated rings. The van der Waals surface area contributed by atoms with E-state index in [1.807, 2.05) is 32.3 Å². The molecule has 1 aliphatic rings. The number of fused-ring (bicyclic) bond motifs is 1. The predicted molar refractivity (Wildman–Crippen MR) is 132 cm³/mol. The SMILES string of the molecule is CC(NS(=O)C(C)(C)C)c1cnc2n1C[C@H](c1cccc(F)c1F)CC[C@H]2NC(=O)OC(C)(C)C. The Kier molecular flexibility index (Phi) is 8.06. The molecule has 1 aromatic heterocycles. The van der Waals surface area contributed by atoms with Gasteiger partial charge in [-0.25, -0.2) is 27.5 Å². The quantitative estimate of drug-likeness (QED) is 0.563. The van der Waals surface area contributed by atoms with Crippen molar-refractivity contribution in [3.8, 4) is 0 Å². The number of rotatable bonds is 5. The Morgan fingerprint density at radius 3 is 2.51 bits per heavy atom. The van der Waals surface area contributed by atoms with Gasteiger partial charge in [-0.1, -0.05) is 12.1 Å². The first-order valence-corrected chi connectivity index (χ1v) is 13.0. The monoisotopic (exact) mass is 510 g/mol. The van der Waals surface area contributed by atoms with Gasteiger partial charge in [0.15, 0.2) is 11.6 Å². The number of carbonyl (C=O) groups excluding carboxylic acids is 1. The van der Waals surface area contributed by atoms with Crippen molar-refractivity contribution in [2.75, 3.05) is 0 Å². The smallest absolute Gasteiger partial charge is 0.408 e. The molecule has 1 aliphatic heterocycles. The molecule has 0 spiro atoms. The average Bonchev–Trinajstić information content (AvgIpc) is 3.05. The van der Waals surface area contributed by atoms with E-state index in [1.165, 1.54) is 6.07 Å². The Bertz CT molecular complexity index is 1090. The van der Waals surface area contributed by atoms with Gasteiger partial charge >= 0.3 is 6.09 Å². The summed E-state index contributed by atoms with van der Waals surface area (Å²) < 4.78 is 51.5. The standard InChI is InChI=1S/C25H36F2N4O3S/c1-15(30-35(33)25(5,6)7)20-13-28-22-19(29-23(32)34-24(2,3)4)12-11-16(14-31(20)22)17-9-8-10-18(26)21(17)27/h8-10,13,15-16,19,30H,11-12,14H2,1-7H3,(H,29,32)/t15?,16-,19-,35?/m1/s1. The van der Waals surface area contributed by atoms with Gasteiger partial charge in [0.05, 0.1) is 39.7 Å². The molecule has 0 aliphatic carbocycles. The number of nitrogens with one attached hydrogen (secondary N) is 2. The Labute approximate surface area is 208 Å². The summed E-state index contributed by atoms with van der Waals surface area (Å²) in [4.78, 5) is 17.2. The van der Waals surface area contributed by atoms with E-state index < -0.39 is 45.1 Å². The summed E-state index contributed by atoms with van der Waals surface area (Å²) in [5, 5.41) is 2.89. The van der Waals surface area contributed by atoms with Gasteiger partial charge in [0.1, 0.15) is 11.4 Å². The lowest BCUT2D eigenvalue weighted by molar-refractivity contribution is 0.0498. The van der Waals surface area contributed by atoms with Crippen LogP contribution in [0.15, 0.2) is 24.4 Å². The number of ether oxygens (including phenoxy) is 1. The maximum Gasteiger partial charge on any atom is 0.408 e. The third kappa shape index (κ3) is 6.67. The largest absolute Gasteiger partial charge is 0.444 e. The van der Waals surface area contributed by atoms with Gasteiger partial charge in [0.2, 0.25) is 0 Å². The lowest BCUT2D eigenvalue weighted by atomic mass is 9.92. The van der Waals surface area contributed by atoms with Crippen LogP contribution in [-0.2, 0) is 22.3 Å². The molecule has 0 saturated carbocycles. The number of alkyl carbamates (subject to hydrolysis) is 1. The number of benzene rings is 1. The zero-order valence-electron chi connectivity index (χ0n) is 21.4. The molecule has 4 atom stereocenters. The Hall–Kier alpha value is -2.33. The Morgan fingerprint density at radius 1 is 1.20 bits per heavy atom. The average molecular weight is 511 g/mol. The maximum absolute atomic E-state index is 14.7. The summed E-state index contributed by atoms with van der Waals surface area (Å²) in [6.45, 7) is 13.2. The fourth-order valence-corrected chi connectivity index (χ4v) is 4.90. The van der Waals surface area contributed by atoms with Crippen LogP contribution in [0.1, 0.15) is 96.4 Å². The zero-order valence-corrected chi connectivity index (χ0v) is 22.3. The molecular formula is C25H36F2N4O3S. The molecule has 0 radical (unpaired) electrons. The molecule has 3 rings (SSSR count). The van der Waals surface area contributed by atoms with Crippen molar-refractivity contribution in [1.82, 2.24) is 19.6 Å². The summed E-state index contributed by atoms with van der Waals surface area (Å²) in [5.41, 5.74) is 0.364. The van der Waals surface area contributed by atoms with Crippen molar-refractivity contribution in [2.45, 2.75) is 96.2 Å². The molecule has 2 unspecified atom stereocenters. The van der Waals surface area contributed by atoms with Crippen LogP contribution in [0.5, 0.6) is 0 Å². The highest BCUT2D eigenvalue weighted by molar-refractivity contribution is 7.84. The number of hydrogen-bond donors (Lipinski definition) is 2. The first kappa shape index (κ1) is 27.3. The number of hydrogen-bond acceptors (Lipinski definition) is 4. The van der Waals surface area contributed by atoms with E-state index >= 15 is 0 Å². The van der Waals surface area contributed by atoms with Crippen LogP contribution in [0, 0.1) is 11.6 Å². The first-order chi connectivity index (χ1) is 16.2. The van der Waals surface area contributed by atoms with E-state index in [2.05, 4.69) is 15.0 Å². The molecule has 2 heterocycles. The number of nitrogens with zero attached hydrogens (tertiary/aromatic N) is 2. The van der Waals surface area contributed by atoms with E-state index in [0.717, 1.165) is 11.8 Å². The van der Waals surface area contributed by atoms with Gasteiger partial charge in [0, 0.05) is 12.5 Å². The van der Waals surface area contributed by atoms with Gasteiger partial charge in [0.25, 0.3) is 0 Å². The molecule has 2 N–H and O–H groups in total. The van der Waals surface area contributed by atoms with Crippen LogP contribution in [0.4, 0.5) is 13.6 Å². The fraction of sp³-hybridized carbons (Fsp3) is 0.600. The second kappa shape index (κ2) is 10.3. The minimum absolute atomic E-state index is 0.285. The summed E-state index contributed by atoms with van der Waals surface area (Å²) in [5.74, 6) is -1.50. The predicted octanol–water partition coefficient (Wildman–Crippen LogP) is 5.42. The molecule has 2 aromatic rings. The summed E-state index contributed by atoms with van der Waals surface area (Å²) in [7, 11) is -1.33. The van der Waals surface area contributed by atoms with E-state index in [4.69, 9.17) is 4.74 Å². The maximum atomic E-state index is 14.7. The third-order valence-corrected chi connectivity index (χ3v) is 7.51.